The van der Waals surface area contributed by atoms with Gasteiger partial charge in [-0.2, -0.15) is 0 Å². The molecular formula is C14H14N2. The minimum Gasteiger partial charge on any atom is -0.259 e. The van der Waals surface area contributed by atoms with Crippen molar-refractivity contribution in [2.75, 3.05) is 0 Å². The molecule has 0 unspecified atom stereocenters. The minimum atomic E-state index is -0.186. The largest absolute Gasteiger partial charge is 0.259 e. The first-order chi connectivity index (χ1) is 7.79. The minimum absolute atomic E-state index is 0.186. The van der Waals surface area contributed by atoms with E-state index in [0.29, 0.717) is 0 Å². The number of hydrogen-bond donors (Lipinski definition) is 0. The summed E-state index contributed by atoms with van der Waals surface area (Å²) in [5.74, 6) is 0. The maximum Gasteiger partial charge on any atom is 0.0844 e. The normalized spacial score (nSPS) is 17.6. The summed E-state index contributed by atoms with van der Waals surface area (Å²) in [6.45, 7) is 7.72. The van der Waals surface area contributed by atoms with Gasteiger partial charge < -0.3 is 0 Å². The summed E-state index contributed by atoms with van der Waals surface area (Å²) in [6.07, 6.45) is 10.2. The topological polar surface area (TPSA) is 25.2 Å². The molecule has 0 spiro atoms. The summed E-state index contributed by atoms with van der Waals surface area (Å²) in [5, 5.41) is 0. The highest BCUT2D eigenvalue weighted by molar-refractivity contribution is 6.00. The molecule has 0 saturated heterocycles. The average Bonchev–Trinajstić information content (AvgIpc) is 2.40. The van der Waals surface area contributed by atoms with E-state index in [1.54, 1.807) is 12.4 Å². The third kappa shape index (κ3) is 1.87. The number of allylic oxidation sites excluding steroid dienone is 3. The lowest BCUT2D eigenvalue weighted by Crippen LogP contribution is -2.21. The van der Waals surface area contributed by atoms with Crippen molar-refractivity contribution in [1.82, 2.24) is 4.98 Å². The van der Waals surface area contributed by atoms with Crippen LogP contribution in [0.15, 0.2) is 67.0 Å². The first kappa shape index (κ1) is 10.6. The van der Waals surface area contributed by atoms with E-state index in [9.17, 15) is 0 Å². The Bertz CT molecular complexity index is 447. The molecule has 1 aromatic rings. The molecule has 2 rings (SSSR count). The lowest BCUT2D eigenvalue weighted by Gasteiger charge is -2.25. The van der Waals surface area contributed by atoms with Crippen LogP contribution in [0.5, 0.6) is 0 Å². The van der Waals surface area contributed by atoms with E-state index < -0.39 is 0 Å². The lowest BCUT2D eigenvalue weighted by atomic mass is 9.81. The van der Waals surface area contributed by atoms with Crippen LogP contribution in [0.2, 0.25) is 0 Å². The molecule has 2 nitrogen and oxygen atoms in total. The van der Waals surface area contributed by atoms with Gasteiger partial charge in [0.1, 0.15) is 0 Å². The summed E-state index contributed by atoms with van der Waals surface area (Å²) in [4.78, 5) is 8.67. The summed E-state index contributed by atoms with van der Waals surface area (Å²) >= 11 is 0. The van der Waals surface area contributed by atoms with Crippen LogP contribution in [0.1, 0.15) is 12.1 Å². The first-order valence-corrected chi connectivity index (χ1v) is 5.23. The lowest BCUT2D eigenvalue weighted by molar-refractivity contribution is 0.654. The molecular weight excluding hydrogens is 196 g/mol. The third-order valence-corrected chi connectivity index (χ3v) is 2.81. The standard InChI is InChI=1S/C14H14N2/c1-3-14(4-2)8-10-16-13(11-14)12-7-5-6-9-15-12/h3-10H,1-2,11H2. The van der Waals surface area contributed by atoms with Crippen molar-refractivity contribution in [1.29, 1.82) is 0 Å². The SMILES string of the molecule is C=CC1(C=C)C=CN=C(c2ccccn2)C1. The van der Waals surface area contributed by atoms with Crippen LogP contribution in [-0.4, -0.2) is 10.7 Å². The number of pyridine rings is 1. The number of hydrogen-bond acceptors (Lipinski definition) is 2. The van der Waals surface area contributed by atoms with Gasteiger partial charge in [-0.25, -0.2) is 0 Å². The number of nitrogens with zero attached hydrogens (tertiary/aromatic N) is 2. The zero-order chi connectivity index (χ0) is 11.4. The van der Waals surface area contributed by atoms with Crippen LogP contribution >= 0.6 is 0 Å². The van der Waals surface area contributed by atoms with Crippen LogP contribution in [0, 0.1) is 5.41 Å². The molecule has 0 amide bonds. The zero-order valence-corrected chi connectivity index (χ0v) is 9.13. The van der Waals surface area contributed by atoms with Crippen LogP contribution in [0.3, 0.4) is 0 Å². The maximum atomic E-state index is 4.37. The molecule has 2 heteroatoms. The Kier molecular flexibility index (Phi) is 2.82. The van der Waals surface area contributed by atoms with Crippen molar-refractivity contribution < 1.29 is 0 Å². The van der Waals surface area contributed by atoms with Gasteiger partial charge in [0.2, 0.25) is 0 Å². The van der Waals surface area contributed by atoms with Gasteiger partial charge in [0, 0.05) is 24.2 Å². The molecule has 0 saturated carbocycles. The maximum absolute atomic E-state index is 4.37. The summed E-state index contributed by atoms with van der Waals surface area (Å²) < 4.78 is 0. The van der Waals surface area contributed by atoms with Gasteiger partial charge in [-0.3, -0.25) is 9.98 Å². The van der Waals surface area contributed by atoms with E-state index in [0.717, 1.165) is 17.8 Å². The molecule has 0 fully saturated rings. The fraction of sp³-hybridized carbons (Fsp3) is 0.143. The predicted molar refractivity (Wildman–Crippen MR) is 67.4 cm³/mol. The Balaban J connectivity index is 2.33. The Morgan fingerprint density at radius 1 is 1.25 bits per heavy atom. The quantitative estimate of drug-likeness (QED) is 0.703. The van der Waals surface area contributed by atoms with E-state index in [1.165, 1.54) is 0 Å². The van der Waals surface area contributed by atoms with Crippen molar-refractivity contribution in [2.45, 2.75) is 6.42 Å². The summed E-state index contributed by atoms with van der Waals surface area (Å²) in [7, 11) is 0. The van der Waals surface area contributed by atoms with Gasteiger partial charge in [0.25, 0.3) is 0 Å². The Morgan fingerprint density at radius 3 is 2.69 bits per heavy atom. The van der Waals surface area contributed by atoms with E-state index in [2.05, 4.69) is 23.1 Å². The summed E-state index contributed by atoms with van der Waals surface area (Å²) in [6, 6.07) is 5.83. The van der Waals surface area contributed by atoms with E-state index >= 15 is 0 Å². The molecule has 1 aliphatic heterocycles. The highest BCUT2D eigenvalue weighted by Gasteiger charge is 2.25. The number of aliphatic imine (C=N–C) groups is 1. The van der Waals surface area contributed by atoms with Gasteiger partial charge in [0.15, 0.2) is 0 Å². The Hall–Kier alpha value is -1.96. The molecule has 1 aromatic heterocycles. The van der Waals surface area contributed by atoms with Crippen LogP contribution < -0.4 is 0 Å². The second kappa shape index (κ2) is 4.27. The highest BCUT2D eigenvalue weighted by Crippen LogP contribution is 2.31. The van der Waals surface area contributed by atoms with Gasteiger partial charge >= 0.3 is 0 Å². The monoisotopic (exact) mass is 210 g/mol. The van der Waals surface area contributed by atoms with Crippen molar-refractivity contribution in [3.05, 3.63) is 67.7 Å². The third-order valence-electron chi connectivity index (χ3n) is 2.81. The highest BCUT2D eigenvalue weighted by atomic mass is 14.8. The van der Waals surface area contributed by atoms with Crippen LogP contribution in [-0.2, 0) is 0 Å². The van der Waals surface area contributed by atoms with E-state index in [-0.39, 0.29) is 5.41 Å². The van der Waals surface area contributed by atoms with E-state index in [4.69, 9.17) is 0 Å². The van der Waals surface area contributed by atoms with Crippen molar-refractivity contribution in [3.63, 3.8) is 0 Å². The fourth-order valence-corrected chi connectivity index (χ4v) is 1.71. The zero-order valence-electron chi connectivity index (χ0n) is 9.13. The second-order valence-electron chi connectivity index (χ2n) is 3.80. The number of rotatable bonds is 3. The number of aromatic nitrogens is 1. The predicted octanol–water partition coefficient (Wildman–Crippen LogP) is 3.15. The smallest absolute Gasteiger partial charge is 0.0844 e. The van der Waals surface area contributed by atoms with Gasteiger partial charge in [-0.1, -0.05) is 24.3 Å². The van der Waals surface area contributed by atoms with Gasteiger partial charge in [-0.05, 0) is 12.1 Å². The molecule has 0 bridgehead atoms. The molecule has 16 heavy (non-hydrogen) atoms. The molecule has 0 atom stereocenters. The van der Waals surface area contributed by atoms with Crippen molar-refractivity contribution in [3.8, 4) is 0 Å². The molecule has 1 aliphatic rings. The molecule has 0 aliphatic carbocycles. The molecule has 80 valence electrons. The van der Waals surface area contributed by atoms with Crippen LogP contribution in [0.25, 0.3) is 0 Å². The fourth-order valence-electron chi connectivity index (χ4n) is 1.71. The van der Waals surface area contributed by atoms with Crippen molar-refractivity contribution in [2.24, 2.45) is 10.4 Å². The van der Waals surface area contributed by atoms with Gasteiger partial charge in [-0.15, -0.1) is 13.2 Å². The van der Waals surface area contributed by atoms with Crippen LogP contribution in [0.4, 0.5) is 0 Å². The molecule has 0 radical (unpaired) electrons. The van der Waals surface area contributed by atoms with E-state index in [1.807, 2.05) is 36.4 Å². The first-order valence-electron chi connectivity index (χ1n) is 5.23. The Labute approximate surface area is 95.8 Å². The van der Waals surface area contributed by atoms with Gasteiger partial charge in [0.05, 0.1) is 11.4 Å². The molecule has 0 N–H and O–H groups in total. The summed E-state index contributed by atoms with van der Waals surface area (Å²) in [5.41, 5.74) is 1.71. The second-order valence-corrected chi connectivity index (χ2v) is 3.80. The average molecular weight is 210 g/mol. The molecule has 0 aromatic carbocycles. The molecule has 2 heterocycles. The van der Waals surface area contributed by atoms with Crippen molar-refractivity contribution >= 4 is 5.71 Å². The Morgan fingerprint density at radius 2 is 2.06 bits per heavy atom.